The van der Waals surface area contributed by atoms with Crippen molar-refractivity contribution in [3.8, 4) is 11.8 Å². The van der Waals surface area contributed by atoms with E-state index in [4.69, 9.17) is 9.47 Å². The molecule has 0 aromatic heterocycles. The predicted molar refractivity (Wildman–Crippen MR) is 89.3 cm³/mol. The molecule has 0 spiro atoms. The average Bonchev–Trinajstić information content (AvgIpc) is 2.63. The van der Waals surface area contributed by atoms with E-state index in [2.05, 4.69) is 17.0 Å². The summed E-state index contributed by atoms with van der Waals surface area (Å²) < 4.78 is 10.7. The molecule has 0 amide bonds. The van der Waals surface area contributed by atoms with Crippen LogP contribution in [-0.4, -0.2) is 38.3 Å². The van der Waals surface area contributed by atoms with Crippen molar-refractivity contribution < 1.29 is 9.47 Å². The molecule has 0 unspecified atom stereocenters. The average molecular weight is 314 g/mol. The van der Waals surface area contributed by atoms with E-state index in [9.17, 15) is 5.26 Å². The molecule has 0 N–H and O–H groups in total. The fraction of sp³-hybridized carbons (Fsp3) is 0.632. The van der Waals surface area contributed by atoms with Gasteiger partial charge in [0.1, 0.15) is 11.8 Å². The molecule has 4 heteroatoms. The number of hydrogen-bond donors (Lipinski definition) is 0. The van der Waals surface area contributed by atoms with Gasteiger partial charge in [-0.1, -0.05) is 6.07 Å². The molecule has 4 nitrogen and oxygen atoms in total. The van der Waals surface area contributed by atoms with Crippen molar-refractivity contribution in [2.75, 3.05) is 33.4 Å². The number of nitrogens with zero attached hydrogens (tertiary/aromatic N) is 2. The molecule has 0 bridgehead atoms. The van der Waals surface area contributed by atoms with Crippen LogP contribution in [0.3, 0.4) is 0 Å². The van der Waals surface area contributed by atoms with Gasteiger partial charge in [-0.2, -0.15) is 5.26 Å². The highest BCUT2D eigenvalue weighted by molar-refractivity contribution is 5.45. The zero-order valence-electron chi connectivity index (χ0n) is 14.0. The Hall–Kier alpha value is -1.57. The molecule has 0 aliphatic carbocycles. The van der Waals surface area contributed by atoms with Crippen LogP contribution < -0.4 is 4.74 Å². The monoisotopic (exact) mass is 314 g/mol. The van der Waals surface area contributed by atoms with Crippen LogP contribution >= 0.6 is 0 Å². The van der Waals surface area contributed by atoms with Gasteiger partial charge in [0.05, 0.1) is 12.7 Å². The third-order valence-corrected chi connectivity index (χ3v) is 5.36. The molecule has 0 radical (unpaired) electrons. The largest absolute Gasteiger partial charge is 0.495 e. The summed E-state index contributed by atoms with van der Waals surface area (Å²) in [5.74, 6) is 2.41. The summed E-state index contributed by atoms with van der Waals surface area (Å²) in [5, 5.41) is 9.20. The third kappa shape index (κ3) is 4.04. The van der Waals surface area contributed by atoms with Gasteiger partial charge in [-0.15, -0.1) is 0 Å². The molecule has 124 valence electrons. The molecule has 2 heterocycles. The van der Waals surface area contributed by atoms with Crippen molar-refractivity contribution in [3.63, 3.8) is 0 Å². The number of benzene rings is 1. The number of methoxy groups -OCH3 is 1. The van der Waals surface area contributed by atoms with Crippen molar-refractivity contribution in [2.24, 2.45) is 11.8 Å². The van der Waals surface area contributed by atoms with Crippen LogP contribution in [0.1, 0.15) is 36.8 Å². The fourth-order valence-electron chi connectivity index (χ4n) is 3.97. The van der Waals surface area contributed by atoms with Gasteiger partial charge in [-0.05, 0) is 68.3 Å². The summed E-state index contributed by atoms with van der Waals surface area (Å²) >= 11 is 0. The summed E-state index contributed by atoms with van der Waals surface area (Å²) in [6.07, 6.45) is 5.08. The van der Waals surface area contributed by atoms with E-state index >= 15 is 0 Å². The van der Waals surface area contributed by atoms with E-state index in [0.29, 0.717) is 11.3 Å². The standard InChI is InChI=1S/C19H26N2O2/c1-22-19-3-2-15(12-18(19)13-20)14-21-8-4-16(5-9-21)17-6-10-23-11-7-17/h2-3,12,16-17H,4-11,14H2,1H3. The van der Waals surface area contributed by atoms with Crippen molar-refractivity contribution >= 4 is 0 Å². The highest BCUT2D eigenvalue weighted by Gasteiger charge is 2.27. The molecule has 1 aromatic carbocycles. The zero-order valence-corrected chi connectivity index (χ0v) is 14.0. The number of likely N-dealkylation sites (tertiary alicyclic amines) is 1. The Labute approximate surface area is 139 Å². The van der Waals surface area contributed by atoms with Gasteiger partial charge in [0.2, 0.25) is 0 Å². The SMILES string of the molecule is COc1ccc(CN2CCC(C3CCOCC3)CC2)cc1C#N. The number of hydrogen-bond acceptors (Lipinski definition) is 4. The Morgan fingerprint density at radius 1 is 1.17 bits per heavy atom. The van der Waals surface area contributed by atoms with Crippen molar-refractivity contribution in [1.29, 1.82) is 5.26 Å². The topological polar surface area (TPSA) is 45.5 Å². The molecular formula is C19H26N2O2. The number of nitriles is 1. The van der Waals surface area contributed by atoms with Gasteiger partial charge >= 0.3 is 0 Å². The Kier molecular flexibility index (Phi) is 5.53. The molecule has 2 aliphatic heterocycles. The minimum absolute atomic E-state index is 0.627. The third-order valence-electron chi connectivity index (χ3n) is 5.36. The number of rotatable bonds is 4. The van der Waals surface area contributed by atoms with E-state index < -0.39 is 0 Å². The smallest absolute Gasteiger partial charge is 0.136 e. The Balaban J connectivity index is 1.53. The lowest BCUT2D eigenvalue weighted by Gasteiger charge is -2.37. The van der Waals surface area contributed by atoms with E-state index in [1.807, 2.05) is 12.1 Å². The van der Waals surface area contributed by atoms with Crippen molar-refractivity contribution in [3.05, 3.63) is 29.3 Å². The molecule has 2 fully saturated rings. The highest BCUT2D eigenvalue weighted by Crippen LogP contribution is 2.32. The van der Waals surface area contributed by atoms with E-state index in [-0.39, 0.29) is 0 Å². The van der Waals surface area contributed by atoms with Crippen LogP contribution in [0, 0.1) is 23.2 Å². The van der Waals surface area contributed by atoms with Gasteiger partial charge in [-0.3, -0.25) is 4.90 Å². The van der Waals surface area contributed by atoms with E-state index in [1.165, 1.54) is 31.2 Å². The van der Waals surface area contributed by atoms with E-state index in [0.717, 1.165) is 44.7 Å². The van der Waals surface area contributed by atoms with Crippen LogP contribution in [0.15, 0.2) is 18.2 Å². The predicted octanol–water partition coefficient (Wildman–Crippen LogP) is 3.21. The number of piperidine rings is 1. The molecular weight excluding hydrogens is 288 g/mol. The molecule has 0 saturated carbocycles. The Morgan fingerprint density at radius 3 is 2.52 bits per heavy atom. The Morgan fingerprint density at radius 2 is 1.87 bits per heavy atom. The minimum atomic E-state index is 0.627. The lowest BCUT2D eigenvalue weighted by Crippen LogP contribution is -2.37. The normalized spacial score (nSPS) is 21.0. The van der Waals surface area contributed by atoms with Gasteiger partial charge in [0.25, 0.3) is 0 Å². The Bertz CT molecular complexity index is 553. The number of ether oxygens (including phenoxy) is 2. The van der Waals surface area contributed by atoms with Gasteiger partial charge in [0.15, 0.2) is 0 Å². The van der Waals surface area contributed by atoms with Crippen molar-refractivity contribution in [2.45, 2.75) is 32.2 Å². The summed E-state index contributed by atoms with van der Waals surface area (Å²) in [6.45, 7) is 5.16. The minimum Gasteiger partial charge on any atom is -0.495 e. The first-order chi connectivity index (χ1) is 11.3. The first kappa shape index (κ1) is 16.3. The van der Waals surface area contributed by atoms with Crippen molar-refractivity contribution in [1.82, 2.24) is 4.90 Å². The summed E-state index contributed by atoms with van der Waals surface area (Å²) in [7, 11) is 1.61. The van der Waals surface area contributed by atoms with Crippen LogP contribution in [0.2, 0.25) is 0 Å². The zero-order chi connectivity index (χ0) is 16.1. The second kappa shape index (κ2) is 7.81. The first-order valence-corrected chi connectivity index (χ1v) is 8.67. The first-order valence-electron chi connectivity index (χ1n) is 8.67. The lowest BCUT2D eigenvalue weighted by atomic mass is 9.80. The molecule has 23 heavy (non-hydrogen) atoms. The second-order valence-corrected chi connectivity index (χ2v) is 6.71. The maximum absolute atomic E-state index is 9.20. The van der Waals surface area contributed by atoms with Crippen LogP contribution in [0.5, 0.6) is 5.75 Å². The lowest BCUT2D eigenvalue weighted by molar-refractivity contribution is 0.0296. The van der Waals surface area contributed by atoms with Gasteiger partial charge in [-0.25, -0.2) is 0 Å². The maximum atomic E-state index is 9.20. The summed E-state index contributed by atoms with van der Waals surface area (Å²) in [4.78, 5) is 2.51. The molecule has 2 aliphatic rings. The second-order valence-electron chi connectivity index (χ2n) is 6.71. The van der Waals surface area contributed by atoms with Crippen LogP contribution in [0.25, 0.3) is 0 Å². The fourth-order valence-corrected chi connectivity index (χ4v) is 3.97. The highest BCUT2D eigenvalue weighted by atomic mass is 16.5. The molecule has 0 atom stereocenters. The maximum Gasteiger partial charge on any atom is 0.136 e. The van der Waals surface area contributed by atoms with Gasteiger partial charge < -0.3 is 9.47 Å². The van der Waals surface area contributed by atoms with E-state index in [1.54, 1.807) is 7.11 Å². The summed E-state index contributed by atoms with van der Waals surface area (Å²) in [6, 6.07) is 8.16. The molecule has 1 aromatic rings. The molecule has 2 saturated heterocycles. The quantitative estimate of drug-likeness (QED) is 0.856. The van der Waals surface area contributed by atoms with Crippen LogP contribution in [-0.2, 0) is 11.3 Å². The molecule has 3 rings (SSSR count). The van der Waals surface area contributed by atoms with Crippen LogP contribution in [0.4, 0.5) is 0 Å². The summed E-state index contributed by atoms with van der Waals surface area (Å²) in [5.41, 5.74) is 1.83. The van der Waals surface area contributed by atoms with Gasteiger partial charge in [0, 0.05) is 19.8 Å².